The summed E-state index contributed by atoms with van der Waals surface area (Å²) < 4.78 is 0.307. The number of aromatic amines is 3. The predicted octanol–water partition coefficient (Wildman–Crippen LogP) is -0.900. The number of benzene rings is 1. The molecule has 0 atom stereocenters. The summed E-state index contributed by atoms with van der Waals surface area (Å²) in [6.45, 7) is 0. The average Bonchev–Trinajstić information content (AvgIpc) is 2.80. The van der Waals surface area contributed by atoms with Gasteiger partial charge in [-0.1, -0.05) is 12.1 Å². The maximum absolute atomic E-state index is 12.2. The zero-order valence-electron chi connectivity index (χ0n) is 10.3. The van der Waals surface area contributed by atoms with Gasteiger partial charge in [-0.2, -0.15) is 4.57 Å². The molecule has 2 heterocycles. The van der Waals surface area contributed by atoms with Crippen molar-refractivity contribution in [3.05, 3.63) is 61.2 Å². The van der Waals surface area contributed by atoms with E-state index in [-0.39, 0.29) is 22.5 Å². The number of H-pyrrole nitrogens is 3. The fraction of sp³-hybridized carbons (Fsp3) is 0. The van der Waals surface area contributed by atoms with Gasteiger partial charge in [0, 0.05) is 0 Å². The average molecular weight is 288 g/mol. The van der Waals surface area contributed by atoms with Crippen LogP contribution in [-0.2, 0) is 0 Å². The summed E-state index contributed by atoms with van der Waals surface area (Å²) in [6, 6.07) is 5.49. The van der Waals surface area contributed by atoms with E-state index in [0.29, 0.717) is 4.57 Å². The number of imidazole rings is 1. The number of nitrogens with zero attached hydrogens (tertiary/aromatic N) is 1. The predicted molar refractivity (Wildman–Crippen MR) is 71.6 cm³/mol. The van der Waals surface area contributed by atoms with E-state index in [1.807, 2.05) is 0 Å². The third-order valence-electron chi connectivity index (χ3n) is 2.92. The topological polar surface area (TPSA) is 141 Å². The molecule has 0 bridgehead atoms. The molecule has 0 aliphatic rings. The van der Waals surface area contributed by atoms with Crippen LogP contribution >= 0.6 is 0 Å². The van der Waals surface area contributed by atoms with E-state index in [1.165, 1.54) is 24.3 Å². The van der Waals surface area contributed by atoms with Crippen LogP contribution in [0.2, 0.25) is 0 Å². The van der Waals surface area contributed by atoms with Crippen molar-refractivity contribution in [2.45, 2.75) is 0 Å². The number of rotatable bonds is 1. The Hall–Kier alpha value is -3.36. The monoisotopic (exact) mass is 288 g/mol. The van der Waals surface area contributed by atoms with Gasteiger partial charge in [0.05, 0.1) is 5.56 Å². The molecule has 1 aromatic carbocycles. The van der Waals surface area contributed by atoms with Crippen LogP contribution in [0.1, 0.15) is 10.4 Å². The van der Waals surface area contributed by atoms with Crippen molar-refractivity contribution in [1.82, 2.24) is 19.5 Å². The highest BCUT2D eigenvalue weighted by molar-refractivity contribution is 5.98. The second kappa shape index (κ2) is 4.34. The van der Waals surface area contributed by atoms with Crippen LogP contribution in [0.4, 0.5) is 0 Å². The van der Waals surface area contributed by atoms with Gasteiger partial charge < -0.3 is 5.11 Å². The minimum Gasteiger partial charge on any atom is -0.507 e. The first-order valence-electron chi connectivity index (χ1n) is 5.79. The van der Waals surface area contributed by atoms with Crippen LogP contribution in [0.15, 0.2) is 38.6 Å². The smallest absolute Gasteiger partial charge is 0.337 e. The lowest BCUT2D eigenvalue weighted by atomic mass is 10.2. The van der Waals surface area contributed by atoms with E-state index in [4.69, 9.17) is 0 Å². The van der Waals surface area contributed by atoms with Gasteiger partial charge in [0.15, 0.2) is 5.52 Å². The van der Waals surface area contributed by atoms with E-state index >= 15 is 0 Å². The van der Waals surface area contributed by atoms with Gasteiger partial charge in [-0.25, -0.2) is 9.59 Å². The van der Waals surface area contributed by atoms with E-state index in [2.05, 4.69) is 15.0 Å². The number of phenols is 1. The largest absolute Gasteiger partial charge is 0.507 e. The Labute approximate surface area is 114 Å². The highest BCUT2D eigenvalue weighted by atomic mass is 16.3. The number of hydrogen-bond donors (Lipinski definition) is 4. The maximum Gasteiger partial charge on any atom is 0.337 e. The number of phenolic OH excluding ortho intramolecular Hbond substituents is 1. The van der Waals surface area contributed by atoms with Crippen molar-refractivity contribution in [3.63, 3.8) is 0 Å². The van der Waals surface area contributed by atoms with Crippen molar-refractivity contribution in [2.75, 3.05) is 0 Å². The first-order chi connectivity index (χ1) is 9.99. The van der Waals surface area contributed by atoms with E-state index in [9.17, 15) is 24.3 Å². The zero-order valence-corrected chi connectivity index (χ0v) is 10.3. The zero-order chi connectivity index (χ0) is 15.1. The van der Waals surface area contributed by atoms with Gasteiger partial charge in [-0.15, -0.1) is 0 Å². The van der Waals surface area contributed by atoms with Crippen LogP contribution in [-0.4, -0.2) is 30.5 Å². The van der Waals surface area contributed by atoms with Crippen LogP contribution in [0.3, 0.4) is 0 Å². The van der Waals surface area contributed by atoms with Crippen LogP contribution < -0.4 is 16.9 Å². The molecule has 9 nitrogen and oxygen atoms in total. The van der Waals surface area contributed by atoms with Gasteiger partial charge in [0.25, 0.3) is 11.5 Å². The number of hydrogen-bond acceptors (Lipinski definition) is 5. The number of carbonyl (C=O) groups excluding carboxylic acids is 1. The van der Waals surface area contributed by atoms with Crippen LogP contribution in [0, 0.1) is 0 Å². The number of aromatic nitrogens is 4. The molecule has 9 heteroatoms. The quantitative estimate of drug-likeness (QED) is 0.459. The molecule has 0 spiro atoms. The van der Waals surface area contributed by atoms with Crippen LogP contribution in [0.5, 0.6) is 5.75 Å². The molecule has 21 heavy (non-hydrogen) atoms. The standard InChI is InChI=1S/C12H8N4O5/c17-6-4-2-1-3-5(6)9(18)16-10(19)7-8(15-12(16)21)14-11(20)13-7/h1-4,17H,(H,15,21)(H2,13,14,20). The summed E-state index contributed by atoms with van der Waals surface area (Å²) in [4.78, 5) is 54.0. The molecule has 3 rings (SSSR count). The Morgan fingerprint density at radius 3 is 2.48 bits per heavy atom. The van der Waals surface area contributed by atoms with E-state index in [0.717, 1.165) is 0 Å². The molecule has 0 saturated carbocycles. The van der Waals surface area contributed by atoms with E-state index < -0.39 is 22.8 Å². The third-order valence-corrected chi connectivity index (χ3v) is 2.92. The molecule has 0 aliphatic heterocycles. The van der Waals surface area contributed by atoms with Gasteiger partial charge in [-0.3, -0.25) is 24.5 Å². The number of aromatic hydroxyl groups is 1. The lowest BCUT2D eigenvalue weighted by Crippen LogP contribution is -2.40. The second-order valence-corrected chi connectivity index (χ2v) is 4.22. The molecule has 0 radical (unpaired) electrons. The number of para-hydroxylation sites is 1. The molecule has 0 fully saturated rings. The lowest BCUT2D eigenvalue weighted by molar-refractivity contribution is 0.0948. The highest BCUT2D eigenvalue weighted by Gasteiger charge is 2.19. The van der Waals surface area contributed by atoms with Crippen molar-refractivity contribution < 1.29 is 9.90 Å². The Kier molecular flexibility index (Phi) is 2.61. The van der Waals surface area contributed by atoms with E-state index in [1.54, 1.807) is 0 Å². The SMILES string of the molecule is O=C(c1ccccc1O)n1c(=O)[nH]c2[nH]c(=O)[nH]c2c1=O. The maximum atomic E-state index is 12.2. The minimum atomic E-state index is -1.02. The fourth-order valence-corrected chi connectivity index (χ4v) is 1.96. The van der Waals surface area contributed by atoms with Gasteiger partial charge in [0.2, 0.25) is 0 Å². The molecule has 4 N–H and O–H groups in total. The minimum absolute atomic E-state index is 0.101. The number of carbonyl (C=O) groups is 1. The number of fused-ring (bicyclic) bond motifs is 1. The van der Waals surface area contributed by atoms with Crippen molar-refractivity contribution in [2.24, 2.45) is 0 Å². The highest BCUT2D eigenvalue weighted by Crippen LogP contribution is 2.15. The van der Waals surface area contributed by atoms with Crippen LogP contribution in [0.25, 0.3) is 11.2 Å². The Morgan fingerprint density at radius 2 is 1.76 bits per heavy atom. The Bertz CT molecular complexity index is 1040. The summed E-state index contributed by atoms with van der Waals surface area (Å²) in [5, 5.41) is 9.63. The molecular weight excluding hydrogens is 280 g/mol. The molecule has 0 amide bonds. The Balaban J connectivity index is 2.33. The van der Waals surface area contributed by atoms with Gasteiger partial charge >= 0.3 is 11.4 Å². The molecule has 106 valence electrons. The Morgan fingerprint density at radius 1 is 1.05 bits per heavy atom. The summed E-state index contributed by atoms with van der Waals surface area (Å²) in [6.07, 6.45) is 0. The van der Waals surface area contributed by atoms with Gasteiger partial charge in [-0.05, 0) is 12.1 Å². The molecule has 2 aromatic heterocycles. The third kappa shape index (κ3) is 1.87. The van der Waals surface area contributed by atoms with Crippen molar-refractivity contribution >= 4 is 17.1 Å². The first kappa shape index (κ1) is 12.7. The molecular formula is C12H8N4O5. The van der Waals surface area contributed by atoms with Crippen molar-refractivity contribution in [3.8, 4) is 5.75 Å². The summed E-state index contributed by atoms with van der Waals surface area (Å²) in [5.41, 5.74) is -3.23. The summed E-state index contributed by atoms with van der Waals surface area (Å²) in [5.74, 6) is -1.36. The van der Waals surface area contributed by atoms with Crippen molar-refractivity contribution in [1.29, 1.82) is 0 Å². The lowest BCUT2D eigenvalue weighted by Gasteiger charge is -2.04. The molecule has 0 aliphatic carbocycles. The molecule has 0 unspecified atom stereocenters. The first-order valence-corrected chi connectivity index (χ1v) is 5.79. The fourth-order valence-electron chi connectivity index (χ4n) is 1.96. The molecule has 3 aromatic rings. The summed E-state index contributed by atoms with van der Waals surface area (Å²) in [7, 11) is 0. The normalized spacial score (nSPS) is 10.9. The molecule has 0 saturated heterocycles. The van der Waals surface area contributed by atoms with Gasteiger partial charge in [0.1, 0.15) is 11.4 Å². The summed E-state index contributed by atoms with van der Waals surface area (Å²) >= 11 is 0. The second-order valence-electron chi connectivity index (χ2n) is 4.22. The number of nitrogens with one attached hydrogen (secondary N) is 3.